The molecule has 0 bridgehead atoms. The van der Waals surface area contributed by atoms with Gasteiger partial charge in [-0.05, 0) is 24.3 Å². The van der Waals surface area contributed by atoms with Gasteiger partial charge in [0.25, 0.3) is 5.91 Å². The monoisotopic (exact) mass is 459 g/mol. The van der Waals surface area contributed by atoms with Gasteiger partial charge in [-0.3, -0.25) is 9.36 Å². The smallest absolute Gasteiger partial charge is 0.338 e. The first-order valence-electron chi connectivity index (χ1n) is 10.7. The molecule has 1 saturated heterocycles. The molecule has 10 heteroatoms. The Balaban J connectivity index is 1.29. The summed E-state index contributed by atoms with van der Waals surface area (Å²) in [5, 5.41) is 13.2. The zero-order valence-corrected chi connectivity index (χ0v) is 17.9. The van der Waals surface area contributed by atoms with Crippen molar-refractivity contribution in [2.24, 2.45) is 0 Å². The molecule has 3 heterocycles. The minimum absolute atomic E-state index is 0.0919. The van der Waals surface area contributed by atoms with Gasteiger partial charge in [0.1, 0.15) is 25.3 Å². The van der Waals surface area contributed by atoms with E-state index < -0.39 is 24.4 Å². The van der Waals surface area contributed by atoms with Crippen LogP contribution in [0.25, 0.3) is 11.2 Å². The fourth-order valence-corrected chi connectivity index (χ4v) is 3.77. The van der Waals surface area contributed by atoms with Gasteiger partial charge in [0, 0.05) is 12.0 Å². The molecule has 0 unspecified atom stereocenters. The topological polar surface area (TPSA) is 128 Å². The van der Waals surface area contributed by atoms with Gasteiger partial charge in [0.2, 0.25) is 0 Å². The van der Waals surface area contributed by atoms with Crippen molar-refractivity contribution in [3.8, 4) is 0 Å². The molecule has 2 aromatic heterocycles. The number of amides is 1. The Bertz CT molecular complexity index is 1310. The van der Waals surface area contributed by atoms with Crippen molar-refractivity contribution in [1.29, 1.82) is 0 Å². The number of fused-ring (bicyclic) bond motifs is 1. The summed E-state index contributed by atoms with van der Waals surface area (Å²) in [5.74, 6) is -0.535. The number of nitrogens with one attached hydrogen (secondary N) is 1. The molecule has 34 heavy (non-hydrogen) atoms. The number of nitrogens with zero attached hydrogens (tertiary/aromatic N) is 4. The van der Waals surface area contributed by atoms with Gasteiger partial charge in [-0.2, -0.15) is 0 Å². The fourth-order valence-electron chi connectivity index (χ4n) is 3.77. The van der Waals surface area contributed by atoms with Crippen LogP contribution in [0.5, 0.6) is 0 Å². The molecule has 1 aliphatic heterocycles. The molecule has 10 nitrogen and oxygen atoms in total. The van der Waals surface area contributed by atoms with Crippen LogP contribution in [-0.2, 0) is 9.47 Å². The highest BCUT2D eigenvalue weighted by molar-refractivity contribution is 6.06. The average Bonchev–Trinajstić information content (AvgIpc) is 3.47. The van der Waals surface area contributed by atoms with Crippen molar-refractivity contribution >= 4 is 28.9 Å². The highest BCUT2D eigenvalue weighted by atomic mass is 16.6. The molecule has 5 rings (SSSR count). The maximum atomic E-state index is 12.5. The van der Waals surface area contributed by atoms with E-state index in [4.69, 9.17) is 9.47 Å². The van der Waals surface area contributed by atoms with Gasteiger partial charge in [-0.25, -0.2) is 19.7 Å². The van der Waals surface area contributed by atoms with E-state index in [1.165, 1.54) is 12.7 Å². The first-order chi connectivity index (χ1) is 16.6. The summed E-state index contributed by atoms with van der Waals surface area (Å²) in [6.07, 6.45) is 0.987. The third-order valence-electron chi connectivity index (χ3n) is 5.53. The first-order valence-corrected chi connectivity index (χ1v) is 10.7. The molecule has 0 aliphatic carbocycles. The molecule has 1 amide bonds. The Kier molecular flexibility index (Phi) is 5.98. The Morgan fingerprint density at radius 1 is 1.03 bits per heavy atom. The lowest BCUT2D eigenvalue weighted by atomic mass is 10.2. The first kappa shape index (κ1) is 21.7. The fraction of sp³-hybridized carbons (Fsp3) is 0.208. The summed E-state index contributed by atoms with van der Waals surface area (Å²) < 4.78 is 12.9. The number of imidazole rings is 1. The standard InChI is InChI=1S/C24H21N5O5/c30-17-11-19(34-18(17)12-33-24(32)16-9-5-2-6-10-16)29-14-27-20-21(25-13-26-22(20)29)28-23(31)15-7-3-1-4-8-15/h1-10,13-14,17-19,30H,11-12H2,(H,25,26,28,31)/t17-,18+,19+/m0/s1. The van der Waals surface area contributed by atoms with E-state index in [0.29, 0.717) is 22.3 Å². The minimum Gasteiger partial charge on any atom is -0.459 e. The zero-order chi connectivity index (χ0) is 23.5. The third-order valence-corrected chi connectivity index (χ3v) is 5.53. The second-order valence-electron chi connectivity index (χ2n) is 7.76. The van der Waals surface area contributed by atoms with E-state index in [0.717, 1.165) is 0 Å². The molecule has 1 fully saturated rings. The maximum Gasteiger partial charge on any atom is 0.338 e. The van der Waals surface area contributed by atoms with Crippen LogP contribution >= 0.6 is 0 Å². The number of benzene rings is 2. The summed E-state index contributed by atoms with van der Waals surface area (Å²) in [6.45, 7) is -0.0919. The summed E-state index contributed by atoms with van der Waals surface area (Å²) in [7, 11) is 0. The molecule has 3 atom stereocenters. The SMILES string of the molecule is O=C(Nc1ncnc2c1ncn2[C@H]1C[C@H](O)[C@@H](COC(=O)c2ccccc2)O1)c1ccccc1. The number of carbonyl (C=O) groups is 2. The van der Waals surface area contributed by atoms with Crippen LogP contribution in [0.1, 0.15) is 33.4 Å². The Labute approximate surface area is 194 Å². The van der Waals surface area contributed by atoms with Crippen molar-refractivity contribution in [2.75, 3.05) is 11.9 Å². The molecule has 2 aromatic carbocycles. The number of ether oxygens (including phenoxy) is 2. The molecular weight excluding hydrogens is 438 g/mol. The van der Waals surface area contributed by atoms with Crippen LogP contribution in [0.4, 0.5) is 5.82 Å². The number of aliphatic hydroxyl groups is 1. The molecule has 4 aromatic rings. The van der Waals surface area contributed by atoms with E-state index >= 15 is 0 Å². The van der Waals surface area contributed by atoms with Gasteiger partial charge in [0.15, 0.2) is 17.0 Å². The maximum absolute atomic E-state index is 12.5. The lowest BCUT2D eigenvalue weighted by Gasteiger charge is -2.16. The van der Waals surface area contributed by atoms with E-state index in [2.05, 4.69) is 20.3 Å². The number of anilines is 1. The Morgan fingerprint density at radius 3 is 2.47 bits per heavy atom. The lowest BCUT2D eigenvalue weighted by Crippen LogP contribution is -2.28. The summed E-state index contributed by atoms with van der Waals surface area (Å²) in [5.41, 5.74) is 1.75. The average molecular weight is 459 g/mol. The molecule has 0 radical (unpaired) electrons. The second kappa shape index (κ2) is 9.38. The summed E-state index contributed by atoms with van der Waals surface area (Å²) in [6, 6.07) is 17.4. The van der Waals surface area contributed by atoms with E-state index in [1.807, 2.05) is 12.1 Å². The second-order valence-corrected chi connectivity index (χ2v) is 7.76. The number of aromatic nitrogens is 4. The lowest BCUT2D eigenvalue weighted by molar-refractivity contribution is -0.0509. The third kappa shape index (κ3) is 4.36. The molecule has 1 aliphatic rings. The van der Waals surface area contributed by atoms with Crippen molar-refractivity contribution in [3.63, 3.8) is 0 Å². The van der Waals surface area contributed by atoms with Crippen molar-refractivity contribution in [3.05, 3.63) is 84.4 Å². The van der Waals surface area contributed by atoms with Crippen LogP contribution in [0.2, 0.25) is 0 Å². The number of aliphatic hydroxyl groups excluding tert-OH is 1. The van der Waals surface area contributed by atoms with Crippen molar-refractivity contribution in [1.82, 2.24) is 19.5 Å². The summed E-state index contributed by atoms with van der Waals surface area (Å²) >= 11 is 0. The highest BCUT2D eigenvalue weighted by Crippen LogP contribution is 2.32. The predicted molar refractivity (Wildman–Crippen MR) is 121 cm³/mol. The van der Waals surface area contributed by atoms with Gasteiger partial charge < -0.3 is 19.9 Å². The van der Waals surface area contributed by atoms with Gasteiger partial charge in [-0.1, -0.05) is 36.4 Å². The van der Waals surface area contributed by atoms with E-state index in [1.54, 1.807) is 53.1 Å². The van der Waals surface area contributed by atoms with Crippen LogP contribution < -0.4 is 5.32 Å². The van der Waals surface area contributed by atoms with Gasteiger partial charge >= 0.3 is 5.97 Å². The molecule has 2 N–H and O–H groups in total. The summed E-state index contributed by atoms with van der Waals surface area (Å²) in [4.78, 5) is 37.5. The molecule has 172 valence electrons. The van der Waals surface area contributed by atoms with Gasteiger partial charge in [0.05, 0.1) is 18.0 Å². The number of hydrogen-bond acceptors (Lipinski definition) is 8. The van der Waals surface area contributed by atoms with E-state index in [9.17, 15) is 14.7 Å². The number of hydrogen-bond donors (Lipinski definition) is 2. The van der Waals surface area contributed by atoms with Crippen LogP contribution in [0, 0.1) is 0 Å². The normalized spacial score (nSPS) is 19.7. The quantitative estimate of drug-likeness (QED) is 0.421. The Morgan fingerprint density at radius 2 is 1.74 bits per heavy atom. The van der Waals surface area contributed by atoms with Crippen LogP contribution in [0.15, 0.2) is 73.3 Å². The number of esters is 1. The van der Waals surface area contributed by atoms with Crippen LogP contribution in [-0.4, -0.2) is 55.3 Å². The molecule has 0 saturated carbocycles. The van der Waals surface area contributed by atoms with Crippen LogP contribution in [0.3, 0.4) is 0 Å². The molecule has 0 spiro atoms. The minimum atomic E-state index is -0.842. The zero-order valence-electron chi connectivity index (χ0n) is 17.9. The van der Waals surface area contributed by atoms with Crippen molar-refractivity contribution in [2.45, 2.75) is 24.9 Å². The van der Waals surface area contributed by atoms with Gasteiger partial charge in [-0.15, -0.1) is 0 Å². The van der Waals surface area contributed by atoms with Crippen molar-refractivity contribution < 1.29 is 24.2 Å². The van der Waals surface area contributed by atoms with E-state index in [-0.39, 0.29) is 24.8 Å². The molecular formula is C24H21N5O5. The highest BCUT2D eigenvalue weighted by Gasteiger charge is 2.37. The largest absolute Gasteiger partial charge is 0.459 e. The number of rotatable bonds is 6. The predicted octanol–water partition coefficient (Wildman–Crippen LogP) is 2.58. The Hall–Kier alpha value is -4.15. The number of carbonyl (C=O) groups excluding carboxylic acids is 2.